The predicted octanol–water partition coefficient (Wildman–Crippen LogP) is 1.94. The van der Waals surface area contributed by atoms with Crippen LogP contribution in [-0.4, -0.2) is 29.0 Å². The molecule has 0 aliphatic heterocycles. The molecule has 20 heavy (non-hydrogen) atoms. The molecule has 0 fully saturated rings. The van der Waals surface area contributed by atoms with E-state index in [0.717, 1.165) is 0 Å². The van der Waals surface area contributed by atoms with E-state index >= 15 is 0 Å². The van der Waals surface area contributed by atoms with E-state index in [4.69, 9.17) is 4.74 Å². The van der Waals surface area contributed by atoms with E-state index in [-0.39, 0.29) is 17.4 Å². The first kappa shape index (κ1) is 13.7. The third-order valence-corrected chi connectivity index (χ3v) is 2.63. The van der Waals surface area contributed by atoms with Crippen LogP contribution in [0.5, 0.6) is 5.88 Å². The van der Waals surface area contributed by atoms with E-state index in [0.29, 0.717) is 17.1 Å². The van der Waals surface area contributed by atoms with E-state index in [1.54, 1.807) is 30.3 Å². The van der Waals surface area contributed by atoms with Gasteiger partial charge >= 0.3 is 0 Å². The van der Waals surface area contributed by atoms with Gasteiger partial charge in [0.05, 0.1) is 7.11 Å². The van der Waals surface area contributed by atoms with Gasteiger partial charge in [0.15, 0.2) is 11.5 Å². The number of hydrogen-bond donors (Lipinski definition) is 1. The molecule has 102 valence electrons. The van der Waals surface area contributed by atoms with Crippen molar-refractivity contribution in [2.45, 2.75) is 6.92 Å². The van der Waals surface area contributed by atoms with Crippen LogP contribution in [-0.2, 0) is 0 Å². The Kier molecular flexibility index (Phi) is 4.05. The number of nitrogens with zero attached hydrogens (tertiary/aromatic N) is 2. The Hall–Kier alpha value is -2.76. The second-order valence-electron chi connectivity index (χ2n) is 4.05. The van der Waals surface area contributed by atoms with Crippen molar-refractivity contribution in [1.29, 1.82) is 0 Å². The molecule has 0 saturated carbocycles. The molecule has 0 atom stereocenters. The smallest absolute Gasteiger partial charge is 0.276 e. The summed E-state index contributed by atoms with van der Waals surface area (Å²) >= 11 is 0. The normalized spacial score (nSPS) is 9.90. The van der Waals surface area contributed by atoms with Crippen LogP contribution in [0.25, 0.3) is 0 Å². The average Bonchev–Trinajstić information content (AvgIpc) is 2.48. The third-order valence-electron chi connectivity index (χ3n) is 2.63. The highest BCUT2D eigenvalue weighted by molar-refractivity contribution is 6.03. The van der Waals surface area contributed by atoms with Crippen LogP contribution in [0.2, 0.25) is 0 Å². The van der Waals surface area contributed by atoms with Gasteiger partial charge in [0.1, 0.15) is 0 Å². The first-order valence-electron chi connectivity index (χ1n) is 5.90. The number of anilines is 1. The molecule has 0 aliphatic carbocycles. The summed E-state index contributed by atoms with van der Waals surface area (Å²) in [7, 11) is 1.47. The number of Topliss-reactive ketones (excluding diaryl/α,β-unsaturated/α-hetero) is 1. The molecule has 2 rings (SSSR count). The standard InChI is InChI=1S/C14H13N3O3/c1-9(18)10-3-5-11(6-4-10)15-14(19)12-7-8-13(20-2)17-16-12/h3-8H,1-2H3,(H,15,19). The van der Waals surface area contributed by atoms with Crippen LogP contribution < -0.4 is 10.1 Å². The Labute approximate surface area is 115 Å². The molecule has 0 unspecified atom stereocenters. The lowest BCUT2D eigenvalue weighted by molar-refractivity contribution is 0.101. The van der Waals surface area contributed by atoms with Gasteiger partial charge in [0, 0.05) is 17.3 Å². The molecule has 0 spiro atoms. The van der Waals surface area contributed by atoms with Gasteiger partial charge in [-0.15, -0.1) is 10.2 Å². The van der Waals surface area contributed by atoms with Gasteiger partial charge in [-0.2, -0.15) is 0 Å². The van der Waals surface area contributed by atoms with Crippen LogP contribution in [0.3, 0.4) is 0 Å². The van der Waals surface area contributed by atoms with Gasteiger partial charge in [0.2, 0.25) is 5.88 Å². The van der Waals surface area contributed by atoms with Crippen LogP contribution in [0.4, 0.5) is 5.69 Å². The number of carbonyl (C=O) groups excluding carboxylic acids is 2. The van der Waals surface area contributed by atoms with E-state index in [2.05, 4.69) is 15.5 Å². The fourth-order valence-electron chi connectivity index (χ4n) is 1.53. The highest BCUT2D eigenvalue weighted by Crippen LogP contribution is 2.11. The largest absolute Gasteiger partial charge is 0.480 e. The number of nitrogens with one attached hydrogen (secondary N) is 1. The summed E-state index contributed by atoms with van der Waals surface area (Å²) in [6.07, 6.45) is 0. The zero-order valence-corrected chi connectivity index (χ0v) is 11.1. The van der Waals surface area contributed by atoms with Crippen molar-refractivity contribution >= 4 is 17.4 Å². The van der Waals surface area contributed by atoms with Gasteiger partial charge in [0.25, 0.3) is 5.91 Å². The lowest BCUT2D eigenvalue weighted by Gasteiger charge is -2.05. The Morgan fingerprint density at radius 2 is 1.75 bits per heavy atom. The van der Waals surface area contributed by atoms with Crippen molar-refractivity contribution < 1.29 is 14.3 Å². The predicted molar refractivity (Wildman–Crippen MR) is 73.0 cm³/mol. The molecule has 0 radical (unpaired) electrons. The number of carbonyl (C=O) groups is 2. The number of benzene rings is 1. The van der Waals surface area contributed by atoms with Crippen LogP contribution in [0, 0.1) is 0 Å². The zero-order chi connectivity index (χ0) is 14.5. The number of ketones is 1. The Bertz CT molecular complexity index is 621. The van der Waals surface area contributed by atoms with Crippen molar-refractivity contribution in [1.82, 2.24) is 10.2 Å². The second-order valence-corrected chi connectivity index (χ2v) is 4.05. The Balaban J connectivity index is 2.08. The minimum atomic E-state index is -0.379. The summed E-state index contributed by atoms with van der Waals surface area (Å²) in [5.41, 5.74) is 1.35. The first-order chi connectivity index (χ1) is 9.60. The molecular weight excluding hydrogens is 258 g/mol. The SMILES string of the molecule is COc1ccc(C(=O)Nc2ccc(C(C)=O)cc2)nn1. The first-order valence-corrected chi connectivity index (χ1v) is 5.90. The van der Waals surface area contributed by atoms with E-state index in [9.17, 15) is 9.59 Å². The highest BCUT2D eigenvalue weighted by atomic mass is 16.5. The van der Waals surface area contributed by atoms with Gasteiger partial charge < -0.3 is 10.1 Å². The molecule has 1 aromatic heterocycles. The molecule has 1 N–H and O–H groups in total. The summed E-state index contributed by atoms with van der Waals surface area (Å²) < 4.78 is 4.87. The van der Waals surface area contributed by atoms with Crippen LogP contribution in [0.1, 0.15) is 27.8 Å². The number of hydrogen-bond acceptors (Lipinski definition) is 5. The minimum Gasteiger partial charge on any atom is -0.480 e. The maximum atomic E-state index is 11.9. The summed E-state index contributed by atoms with van der Waals surface area (Å²) in [6, 6.07) is 9.69. The second kappa shape index (κ2) is 5.92. The fourth-order valence-corrected chi connectivity index (χ4v) is 1.53. The van der Waals surface area contributed by atoms with Crippen LogP contribution >= 0.6 is 0 Å². The summed E-state index contributed by atoms with van der Waals surface area (Å²) in [6.45, 7) is 1.49. The summed E-state index contributed by atoms with van der Waals surface area (Å²) in [5, 5.41) is 10.1. The molecule has 0 saturated heterocycles. The topological polar surface area (TPSA) is 81.2 Å². The number of aromatic nitrogens is 2. The monoisotopic (exact) mass is 271 g/mol. The van der Waals surface area contributed by atoms with Crippen molar-refractivity contribution in [3.05, 3.63) is 47.7 Å². The molecule has 1 aromatic carbocycles. The van der Waals surface area contributed by atoms with E-state index in [1.807, 2.05) is 0 Å². The minimum absolute atomic E-state index is 0.0242. The third kappa shape index (κ3) is 3.17. The van der Waals surface area contributed by atoms with E-state index < -0.39 is 0 Å². The molecule has 1 amide bonds. The maximum absolute atomic E-state index is 11.9. The number of methoxy groups -OCH3 is 1. The lowest BCUT2D eigenvalue weighted by Crippen LogP contribution is -2.14. The summed E-state index contributed by atoms with van der Waals surface area (Å²) in [5.74, 6) is -0.0630. The number of ether oxygens (including phenoxy) is 1. The van der Waals surface area contributed by atoms with Gasteiger partial charge in [-0.1, -0.05) is 0 Å². The number of rotatable bonds is 4. The summed E-state index contributed by atoms with van der Waals surface area (Å²) in [4.78, 5) is 23.1. The molecule has 1 heterocycles. The zero-order valence-electron chi connectivity index (χ0n) is 11.1. The van der Waals surface area contributed by atoms with Gasteiger partial charge in [-0.25, -0.2) is 0 Å². The molecule has 6 heteroatoms. The number of amides is 1. The van der Waals surface area contributed by atoms with Crippen molar-refractivity contribution in [3.8, 4) is 5.88 Å². The molecular formula is C14H13N3O3. The van der Waals surface area contributed by atoms with E-state index in [1.165, 1.54) is 20.1 Å². The molecule has 2 aromatic rings. The fraction of sp³-hybridized carbons (Fsp3) is 0.143. The van der Waals surface area contributed by atoms with Gasteiger partial charge in [-0.3, -0.25) is 9.59 Å². The van der Waals surface area contributed by atoms with Crippen molar-refractivity contribution in [2.75, 3.05) is 12.4 Å². The van der Waals surface area contributed by atoms with Crippen LogP contribution in [0.15, 0.2) is 36.4 Å². The lowest BCUT2D eigenvalue weighted by atomic mass is 10.1. The quantitative estimate of drug-likeness (QED) is 0.859. The molecule has 0 bridgehead atoms. The Morgan fingerprint density at radius 1 is 1.05 bits per heavy atom. The molecule has 6 nitrogen and oxygen atoms in total. The van der Waals surface area contributed by atoms with Gasteiger partial charge in [-0.05, 0) is 37.3 Å². The highest BCUT2D eigenvalue weighted by Gasteiger charge is 2.09. The van der Waals surface area contributed by atoms with Crippen molar-refractivity contribution in [3.63, 3.8) is 0 Å². The molecule has 0 aliphatic rings. The van der Waals surface area contributed by atoms with Crippen molar-refractivity contribution in [2.24, 2.45) is 0 Å². The maximum Gasteiger partial charge on any atom is 0.276 e. The Morgan fingerprint density at radius 3 is 2.25 bits per heavy atom. The average molecular weight is 271 g/mol.